The summed E-state index contributed by atoms with van der Waals surface area (Å²) in [5.41, 5.74) is -0.896. The molecule has 7 heteroatoms. The van der Waals surface area contributed by atoms with Gasteiger partial charge in [0.2, 0.25) is 10.9 Å². The molecule has 1 aromatic rings. The molecule has 0 spiro atoms. The van der Waals surface area contributed by atoms with Crippen molar-refractivity contribution in [2.45, 2.75) is 12.1 Å². The highest BCUT2D eigenvalue weighted by Gasteiger charge is 2.14. The number of H-pyrrole nitrogens is 1. The number of carbonyl (C=O) groups excluding carboxylic acids is 1. The highest BCUT2D eigenvalue weighted by Crippen LogP contribution is 2.04. The summed E-state index contributed by atoms with van der Waals surface area (Å²) in [6, 6.07) is 0. The van der Waals surface area contributed by atoms with E-state index < -0.39 is 11.5 Å². The van der Waals surface area contributed by atoms with Gasteiger partial charge in [0, 0.05) is 0 Å². The zero-order valence-electron chi connectivity index (χ0n) is 7.73. The predicted octanol–water partition coefficient (Wildman–Crippen LogP) is 0.0635. The van der Waals surface area contributed by atoms with Crippen LogP contribution in [0.2, 0.25) is 0 Å². The van der Waals surface area contributed by atoms with Crippen molar-refractivity contribution < 1.29 is 9.53 Å². The van der Waals surface area contributed by atoms with Crippen molar-refractivity contribution in [1.29, 1.82) is 0 Å². The average molecular weight is 215 g/mol. The van der Waals surface area contributed by atoms with Crippen LogP contribution < -0.4 is 5.56 Å². The second-order valence-corrected chi connectivity index (χ2v) is 2.99. The van der Waals surface area contributed by atoms with E-state index in [1.807, 2.05) is 0 Å². The number of carbonyl (C=O) groups is 1. The number of hydrogen-bond acceptors (Lipinski definition) is 6. The van der Waals surface area contributed by atoms with Gasteiger partial charge in [0.25, 0.3) is 5.56 Å². The van der Waals surface area contributed by atoms with Gasteiger partial charge in [-0.2, -0.15) is 0 Å². The van der Waals surface area contributed by atoms with Gasteiger partial charge in [-0.05, 0) is 13.2 Å². The standard InChI is InChI=1S/C7H9N3O3S/c1-3-13-6(12)4-5(11)9-10-7(8-4)14-2/h3H2,1-2H3,(H,9,11). The van der Waals surface area contributed by atoms with Gasteiger partial charge >= 0.3 is 5.97 Å². The van der Waals surface area contributed by atoms with Gasteiger partial charge in [-0.15, -0.1) is 5.10 Å². The van der Waals surface area contributed by atoms with Gasteiger partial charge in [-0.25, -0.2) is 14.9 Å². The number of ether oxygens (including phenoxy) is 1. The van der Waals surface area contributed by atoms with E-state index in [-0.39, 0.29) is 12.3 Å². The van der Waals surface area contributed by atoms with Crippen LogP contribution in [-0.4, -0.2) is 34.0 Å². The van der Waals surface area contributed by atoms with E-state index in [2.05, 4.69) is 19.9 Å². The van der Waals surface area contributed by atoms with E-state index in [0.29, 0.717) is 5.16 Å². The number of aromatic amines is 1. The van der Waals surface area contributed by atoms with Gasteiger partial charge in [-0.3, -0.25) is 4.79 Å². The molecule has 1 N–H and O–H groups in total. The van der Waals surface area contributed by atoms with Crippen LogP contribution >= 0.6 is 11.8 Å². The Morgan fingerprint density at radius 2 is 2.36 bits per heavy atom. The molecule has 0 atom stereocenters. The normalized spacial score (nSPS) is 9.86. The Labute approximate surface area is 84.1 Å². The molecule has 0 aliphatic heterocycles. The zero-order chi connectivity index (χ0) is 10.6. The van der Waals surface area contributed by atoms with Crippen LogP contribution in [0.4, 0.5) is 0 Å². The highest BCUT2D eigenvalue weighted by molar-refractivity contribution is 7.98. The molecule has 6 nitrogen and oxygen atoms in total. The Kier molecular flexibility index (Phi) is 3.63. The molecule has 0 fully saturated rings. The lowest BCUT2D eigenvalue weighted by molar-refractivity contribution is 0.0515. The van der Waals surface area contributed by atoms with E-state index in [1.165, 1.54) is 11.8 Å². The third-order valence-electron chi connectivity index (χ3n) is 1.33. The summed E-state index contributed by atoms with van der Waals surface area (Å²) in [7, 11) is 0. The van der Waals surface area contributed by atoms with Gasteiger partial charge in [0.15, 0.2) is 0 Å². The predicted molar refractivity (Wildman–Crippen MR) is 50.4 cm³/mol. The zero-order valence-corrected chi connectivity index (χ0v) is 8.55. The number of esters is 1. The lowest BCUT2D eigenvalue weighted by atomic mass is 10.5. The molecule has 1 rings (SSSR count). The van der Waals surface area contributed by atoms with Gasteiger partial charge in [0.1, 0.15) is 0 Å². The number of aromatic nitrogens is 3. The molecule has 0 bridgehead atoms. The van der Waals surface area contributed by atoms with Crippen molar-refractivity contribution in [3.63, 3.8) is 0 Å². The van der Waals surface area contributed by atoms with Crippen LogP contribution in [0.3, 0.4) is 0 Å². The van der Waals surface area contributed by atoms with E-state index >= 15 is 0 Å². The second kappa shape index (κ2) is 4.75. The minimum Gasteiger partial charge on any atom is -0.461 e. The average Bonchev–Trinajstić information content (AvgIpc) is 2.19. The molecule has 0 unspecified atom stereocenters. The van der Waals surface area contributed by atoms with Crippen LogP contribution in [0.15, 0.2) is 9.95 Å². The largest absolute Gasteiger partial charge is 0.461 e. The van der Waals surface area contributed by atoms with Crippen LogP contribution in [0.1, 0.15) is 17.4 Å². The smallest absolute Gasteiger partial charge is 0.362 e. The Bertz CT molecular complexity index is 390. The maximum atomic E-state index is 11.2. The minimum atomic E-state index is -0.730. The Morgan fingerprint density at radius 1 is 1.64 bits per heavy atom. The molecular formula is C7H9N3O3S. The molecule has 0 aromatic carbocycles. The number of rotatable bonds is 3. The molecule has 0 aliphatic rings. The summed E-state index contributed by atoms with van der Waals surface area (Å²) >= 11 is 1.23. The van der Waals surface area contributed by atoms with Gasteiger partial charge < -0.3 is 4.74 Å². The van der Waals surface area contributed by atoms with Crippen LogP contribution in [0.5, 0.6) is 0 Å². The molecule has 76 valence electrons. The fourth-order valence-corrected chi connectivity index (χ4v) is 1.07. The summed E-state index contributed by atoms with van der Waals surface area (Å²) < 4.78 is 4.65. The Balaban J connectivity index is 3.06. The minimum absolute atomic E-state index is 0.205. The van der Waals surface area contributed by atoms with E-state index in [1.54, 1.807) is 13.2 Å². The first-order valence-corrected chi connectivity index (χ1v) is 5.09. The summed E-state index contributed by atoms with van der Waals surface area (Å²) in [6.07, 6.45) is 1.74. The molecule has 0 saturated carbocycles. The lowest BCUT2D eigenvalue weighted by Crippen LogP contribution is -2.23. The van der Waals surface area contributed by atoms with Gasteiger partial charge in [-0.1, -0.05) is 11.8 Å². The monoisotopic (exact) mass is 215 g/mol. The molecular weight excluding hydrogens is 206 g/mol. The maximum absolute atomic E-state index is 11.2. The Morgan fingerprint density at radius 3 is 2.93 bits per heavy atom. The Hall–Kier alpha value is -1.37. The number of nitrogens with one attached hydrogen (secondary N) is 1. The molecule has 0 aliphatic carbocycles. The summed E-state index contributed by atoms with van der Waals surface area (Å²) in [5.74, 6) is -0.730. The van der Waals surface area contributed by atoms with E-state index in [0.717, 1.165) is 0 Å². The molecule has 1 heterocycles. The van der Waals surface area contributed by atoms with Crippen molar-refractivity contribution in [3.8, 4) is 0 Å². The highest BCUT2D eigenvalue weighted by atomic mass is 32.2. The fraction of sp³-hybridized carbons (Fsp3) is 0.429. The second-order valence-electron chi connectivity index (χ2n) is 2.22. The van der Waals surface area contributed by atoms with Crippen molar-refractivity contribution in [2.75, 3.05) is 12.9 Å². The number of hydrogen-bond donors (Lipinski definition) is 1. The molecule has 0 amide bonds. The van der Waals surface area contributed by atoms with Crippen LogP contribution in [-0.2, 0) is 4.74 Å². The first kappa shape index (κ1) is 10.7. The third-order valence-corrected chi connectivity index (χ3v) is 1.87. The molecule has 0 saturated heterocycles. The maximum Gasteiger partial charge on any atom is 0.362 e. The quantitative estimate of drug-likeness (QED) is 0.567. The SMILES string of the molecule is CCOC(=O)c1nc(SC)n[nH]c1=O. The van der Waals surface area contributed by atoms with E-state index in [4.69, 9.17) is 0 Å². The molecule has 0 radical (unpaired) electrons. The first-order valence-electron chi connectivity index (χ1n) is 3.86. The first-order chi connectivity index (χ1) is 6.69. The number of thioether (sulfide) groups is 1. The molecule has 14 heavy (non-hydrogen) atoms. The fourth-order valence-electron chi connectivity index (χ4n) is 0.752. The summed E-state index contributed by atoms with van der Waals surface area (Å²) in [6.45, 7) is 1.86. The lowest BCUT2D eigenvalue weighted by Gasteiger charge is -2.00. The van der Waals surface area contributed by atoms with E-state index in [9.17, 15) is 9.59 Å². The van der Waals surface area contributed by atoms with Crippen LogP contribution in [0, 0.1) is 0 Å². The molecule has 1 aromatic heterocycles. The summed E-state index contributed by atoms with van der Waals surface area (Å²) in [5, 5.41) is 6.10. The topological polar surface area (TPSA) is 84.9 Å². The van der Waals surface area contributed by atoms with Gasteiger partial charge in [0.05, 0.1) is 6.61 Å². The van der Waals surface area contributed by atoms with Crippen molar-refractivity contribution >= 4 is 17.7 Å². The van der Waals surface area contributed by atoms with Crippen molar-refractivity contribution in [3.05, 3.63) is 16.0 Å². The van der Waals surface area contributed by atoms with Crippen molar-refractivity contribution in [2.24, 2.45) is 0 Å². The van der Waals surface area contributed by atoms with Crippen molar-refractivity contribution in [1.82, 2.24) is 15.2 Å². The number of nitrogens with zero attached hydrogens (tertiary/aromatic N) is 2. The third kappa shape index (κ3) is 2.32. The van der Waals surface area contributed by atoms with Crippen LogP contribution in [0.25, 0.3) is 0 Å². The summed E-state index contributed by atoms with van der Waals surface area (Å²) in [4.78, 5) is 26.0.